The highest BCUT2D eigenvalue weighted by Gasteiger charge is 2.45. The second-order valence-electron chi connectivity index (χ2n) is 7.85. The zero-order valence-corrected chi connectivity index (χ0v) is 16.7. The van der Waals surface area contributed by atoms with Gasteiger partial charge in [-0.05, 0) is 46.6 Å². The Kier molecular flexibility index (Phi) is 5.44. The number of nitrogens with one attached hydrogen (secondary N) is 2. The lowest BCUT2D eigenvalue weighted by molar-refractivity contribution is -0.152. The summed E-state index contributed by atoms with van der Waals surface area (Å²) in [5, 5.41) is 3.70. The molecule has 1 fully saturated rings. The Bertz CT molecular complexity index is 849. The van der Waals surface area contributed by atoms with Crippen molar-refractivity contribution in [2.75, 3.05) is 24.6 Å². The number of esters is 1. The number of aromatic amines is 1. The molecule has 2 aromatic rings. The van der Waals surface area contributed by atoms with E-state index in [0.717, 1.165) is 16.9 Å². The molecule has 1 aliphatic rings. The first-order valence-corrected chi connectivity index (χ1v) is 9.45. The summed E-state index contributed by atoms with van der Waals surface area (Å²) < 4.78 is 10.6. The lowest BCUT2D eigenvalue weighted by Gasteiger charge is -2.40. The number of aromatic nitrogens is 3. The number of carbonyl (C=O) groups excluding carboxylic acids is 2. The van der Waals surface area contributed by atoms with Gasteiger partial charge in [-0.15, -0.1) is 0 Å². The van der Waals surface area contributed by atoms with Crippen molar-refractivity contribution in [3.05, 3.63) is 18.6 Å². The number of nitrogens with zero attached hydrogens (tertiary/aromatic N) is 3. The van der Waals surface area contributed by atoms with E-state index in [9.17, 15) is 9.59 Å². The molecule has 9 nitrogen and oxygen atoms in total. The molecule has 0 aromatic carbocycles. The average molecular weight is 389 g/mol. The fraction of sp³-hybridized carbons (Fsp3) is 0.579. The number of fused-ring (bicyclic) bond motifs is 1. The molecule has 0 atom stereocenters. The summed E-state index contributed by atoms with van der Waals surface area (Å²) in [6, 6.07) is 1.93. The summed E-state index contributed by atoms with van der Waals surface area (Å²) in [6.45, 7) is 8.40. The predicted molar refractivity (Wildman–Crippen MR) is 104 cm³/mol. The fourth-order valence-corrected chi connectivity index (χ4v) is 3.36. The van der Waals surface area contributed by atoms with Gasteiger partial charge in [0.2, 0.25) is 0 Å². The van der Waals surface area contributed by atoms with Gasteiger partial charge in [0.25, 0.3) is 0 Å². The lowest BCUT2D eigenvalue weighted by Crippen LogP contribution is -2.61. The summed E-state index contributed by atoms with van der Waals surface area (Å²) in [4.78, 5) is 38.8. The van der Waals surface area contributed by atoms with Crippen LogP contribution in [-0.2, 0) is 14.3 Å². The van der Waals surface area contributed by atoms with Gasteiger partial charge >= 0.3 is 12.1 Å². The number of ether oxygens (including phenoxy) is 2. The van der Waals surface area contributed by atoms with Crippen molar-refractivity contribution in [3.8, 4) is 0 Å². The maximum Gasteiger partial charge on any atom is 0.408 e. The molecular formula is C19H27N5O4. The topological polar surface area (TPSA) is 109 Å². The van der Waals surface area contributed by atoms with Crippen molar-refractivity contribution >= 4 is 28.9 Å². The normalized spacial score (nSPS) is 16.6. The van der Waals surface area contributed by atoms with Gasteiger partial charge in [-0.3, -0.25) is 0 Å². The minimum atomic E-state index is -1.11. The number of hydrogen-bond donors (Lipinski definition) is 2. The first kappa shape index (κ1) is 19.9. The monoisotopic (exact) mass is 389 g/mol. The summed E-state index contributed by atoms with van der Waals surface area (Å²) in [5.41, 5.74) is -1.00. The molecule has 152 valence electrons. The van der Waals surface area contributed by atoms with Crippen LogP contribution in [0.25, 0.3) is 11.0 Å². The molecule has 2 aromatic heterocycles. The van der Waals surface area contributed by atoms with Crippen LogP contribution in [0.5, 0.6) is 0 Å². The van der Waals surface area contributed by atoms with E-state index in [1.54, 1.807) is 27.7 Å². The van der Waals surface area contributed by atoms with Crippen LogP contribution in [0.4, 0.5) is 10.6 Å². The Morgan fingerprint density at radius 1 is 1.29 bits per heavy atom. The van der Waals surface area contributed by atoms with Gasteiger partial charge in [-0.1, -0.05) is 0 Å². The van der Waals surface area contributed by atoms with Gasteiger partial charge < -0.3 is 24.7 Å². The van der Waals surface area contributed by atoms with Gasteiger partial charge in [-0.25, -0.2) is 19.6 Å². The van der Waals surface area contributed by atoms with Crippen LogP contribution in [0.3, 0.4) is 0 Å². The maximum atomic E-state index is 12.7. The van der Waals surface area contributed by atoms with E-state index in [4.69, 9.17) is 9.47 Å². The van der Waals surface area contributed by atoms with Crippen molar-refractivity contribution in [1.82, 2.24) is 20.3 Å². The second-order valence-corrected chi connectivity index (χ2v) is 7.85. The van der Waals surface area contributed by atoms with E-state index in [2.05, 4.69) is 25.2 Å². The molecule has 0 aliphatic carbocycles. The molecule has 0 radical (unpaired) electrons. The molecule has 2 N–H and O–H groups in total. The van der Waals surface area contributed by atoms with Gasteiger partial charge in [0.05, 0.1) is 12.0 Å². The molecule has 3 heterocycles. The van der Waals surface area contributed by atoms with E-state index in [-0.39, 0.29) is 6.61 Å². The average Bonchev–Trinajstić information content (AvgIpc) is 3.09. The number of carbonyl (C=O) groups is 2. The smallest absolute Gasteiger partial charge is 0.408 e. The van der Waals surface area contributed by atoms with E-state index >= 15 is 0 Å². The van der Waals surface area contributed by atoms with Crippen LogP contribution < -0.4 is 10.2 Å². The molecule has 1 amide bonds. The van der Waals surface area contributed by atoms with Crippen LogP contribution in [-0.4, -0.2) is 57.9 Å². The highest BCUT2D eigenvalue weighted by Crippen LogP contribution is 2.30. The van der Waals surface area contributed by atoms with Crippen molar-refractivity contribution in [2.45, 2.75) is 51.7 Å². The first-order valence-electron chi connectivity index (χ1n) is 9.45. The summed E-state index contributed by atoms with van der Waals surface area (Å²) in [6.07, 6.45) is 3.49. The van der Waals surface area contributed by atoms with Gasteiger partial charge in [0, 0.05) is 19.3 Å². The molecule has 1 aliphatic heterocycles. The standard InChI is InChI=1S/C19H27N5O4/c1-5-27-16(25)19(23-17(26)28-18(2,3)4)7-10-24(11-8-19)15-13-6-9-20-14(13)21-12-22-15/h6,9,12H,5,7-8,10-11H2,1-4H3,(H,23,26)(H,20,21,22). The van der Waals surface area contributed by atoms with Gasteiger partial charge in [0.15, 0.2) is 0 Å². The zero-order chi connectivity index (χ0) is 20.4. The summed E-state index contributed by atoms with van der Waals surface area (Å²) in [7, 11) is 0. The van der Waals surface area contributed by atoms with Gasteiger partial charge in [-0.2, -0.15) is 0 Å². The molecule has 9 heteroatoms. The van der Waals surface area contributed by atoms with E-state index in [0.29, 0.717) is 25.9 Å². The molecule has 0 saturated carbocycles. The molecule has 0 bridgehead atoms. The van der Waals surface area contributed by atoms with Gasteiger partial charge in [0.1, 0.15) is 28.9 Å². The Labute approximate surface area is 163 Å². The maximum absolute atomic E-state index is 12.7. The predicted octanol–water partition coefficient (Wildman–Crippen LogP) is 2.38. The van der Waals surface area contributed by atoms with Crippen LogP contribution in [0.1, 0.15) is 40.5 Å². The third-order valence-electron chi connectivity index (χ3n) is 4.66. The third-order valence-corrected chi connectivity index (χ3v) is 4.66. The molecule has 1 saturated heterocycles. The number of rotatable bonds is 4. The quantitative estimate of drug-likeness (QED) is 0.773. The highest BCUT2D eigenvalue weighted by atomic mass is 16.6. The number of H-pyrrole nitrogens is 1. The summed E-state index contributed by atoms with van der Waals surface area (Å²) in [5.74, 6) is 0.371. The van der Waals surface area contributed by atoms with Crippen molar-refractivity contribution in [2.24, 2.45) is 0 Å². The van der Waals surface area contributed by atoms with E-state index in [1.807, 2.05) is 12.3 Å². The Morgan fingerprint density at radius 3 is 2.64 bits per heavy atom. The number of anilines is 1. The number of alkyl carbamates (subject to hydrolysis) is 1. The van der Waals surface area contributed by atoms with Crippen LogP contribution in [0.2, 0.25) is 0 Å². The van der Waals surface area contributed by atoms with E-state index < -0.39 is 23.2 Å². The molecule has 0 spiro atoms. The molecule has 28 heavy (non-hydrogen) atoms. The van der Waals surface area contributed by atoms with Crippen molar-refractivity contribution < 1.29 is 19.1 Å². The fourth-order valence-electron chi connectivity index (χ4n) is 3.36. The zero-order valence-electron chi connectivity index (χ0n) is 16.7. The van der Waals surface area contributed by atoms with Crippen LogP contribution in [0.15, 0.2) is 18.6 Å². The first-order chi connectivity index (χ1) is 13.2. The second kappa shape index (κ2) is 7.65. The minimum absolute atomic E-state index is 0.246. The minimum Gasteiger partial charge on any atom is -0.464 e. The Balaban J connectivity index is 1.78. The number of hydrogen-bond acceptors (Lipinski definition) is 7. The van der Waals surface area contributed by atoms with E-state index in [1.165, 1.54) is 6.33 Å². The highest BCUT2D eigenvalue weighted by molar-refractivity contribution is 5.89. The number of amides is 1. The van der Waals surface area contributed by atoms with Crippen molar-refractivity contribution in [1.29, 1.82) is 0 Å². The molecule has 0 unspecified atom stereocenters. The SMILES string of the molecule is CCOC(=O)C1(NC(=O)OC(C)(C)C)CCN(c2ncnc3[nH]ccc23)CC1. The Morgan fingerprint density at radius 2 is 2.00 bits per heavy atom. The Hall–Kier alpha value is -2.84. The third kappa shape index (κ3) is 4.18. The molecule has 3 rings (SSSR count). The lowest BCUT2D eigenvalue weighted by atomic mass is 9.87. The number of piperidine rings is 1. The van der Waals surface area contributed by atoms with Crippen molar-refractivity contribution in [3.63, 3.8) is 0 Å². The molecular weight excluding hydrogens is 362 g/mol. The van der Waals surface area contributed by atoms with Crippen LogP contribution >= 0.6 is 0 Å². The largest absolute Gasteiger partial charge is 0.464 e. The van der Waals surface area contributed by atoms with Crippen LogP contribution in [0, 0.1) is 0 Å². The summed E-state index contributed by atoms with van der Waals surface area (Å²) >= 11 is 0.